The average Bonchev–Trinajstić information content (AvgIpc) is 2.26. The number of nitrogens with zero attached hydrogens (tertiary/aromatic N) is 1. The first-order chi connectivity index (χ1) is 5.59. The van der Waals surface area contributed by atoms with Crippen LogP contribution in [0.3, 0.4) is 0 Å². The molecule has 12 heavy (non-hydrogen) atoms. The summed E-state index contributed by atoms with van der Waals surface area (Å²) in [6.45, 7) is 5.27. The van der Waals surface area contributed by atoms with Crippen LogP contribution in [-0.4, -0.2) is 11.9 Å². The van der Waals surface area contributed by atoms with Gasteiger partial charge in [0.1, 0.15) is 0 Å². The fourth-order valence-corrected chi connectivity index (χ4v) is 0.687. The second kappa shape index (κ2) is 3.08. The molecule has 0 aromatic rings. The van der Waals surface area contributed by atoms with Crippen LogP contribution in [0.2, 0.25) is 0 Å². The van der Waals surface area contributed by atoms with E-state index in [9.17, 15) is 4.79 Å². The maximum Gasteiger partial charge on any atom is 0.324 e. The molecule has 1 rings (SSSR count). The third-order valence-electron chi connectivity index (χ3n) is 1.18. The van der Waals surface area contributed by atoms with E-state index in [0.717, 1.165) is 0 Å². The standard InChI is InChI=1S/C7H10N4O/c1-4(8)3-9-6-5(2)10-7(12)11-6/h3H,2,8H2,1H3,(H2,9,10,11,12)/b4-3-. The molecule has 64 valence electrons. The lowest BCUT2D eigenvalue weighted by atomic mass is 10.5. The number of nitrogens with one attached hydrogen (secondary N) is 2. The summed E-state index contributed by atoms with van der Waals surface area (Å²) in [6.07, 6.45) is 1.45. The lowest BCUT2D eigenvalue weighted by molar-refractivity contribution is 0.250. The zero-order valence-corrected chi connectivity index (χ0v) is 6.72. The SMILES string of the molecule is C=C1NC(=O)N/C1=N/C=C(/C)N. The van der Waals surface area contributed by atoms with Gasteiger partial charge in [-0.05, 0) is 6.92 Å². The molecule has 0 unspecified atom stereocenters. The summed E-state index contributed by atoms with van der Waals surface area (Å²) in [5, 5.41) is 4.90. The molecule has 0 aromatic carbocycles. The van der Waals surface area contributed by atoms with E-state index in [0.29, 0.717) is 17.2 Å². The van der Waals surface area contributed by atoms with Gasteiger partial charge in [0.15, 0.2) is 5.84 Å². The summed E-state index contributed by atoms with van der Waals surface area (Å²) >= 11 is 0. The van der Waals surface area contributed by atoms with Crippen molar-refractivity contribution in [2.45, 2.75) is 6.92 Å². The Bertz CT molecular complexity index is 286. The van der Waals surface area contributed by atoms with E-state index in [1.165, 1.54) is 6.20 Å². The predicted octanol–water partition coefficient (Wildman–Crippen LogP) is 0.0314. The summed E-state index contributed by atoms with van der Waals surface area (Å²) in [6, 6.07) is -0.318. The Morgan fingerprint density at radius 2 is 2.33 bits per heavy atom. The van der Waals surface area contributed by atoms with E-state index in [4.69, 9.17) is 5.73 Å². The van der Waals surface area contributed by atoms with E-state index in [-0.39, 0.29) is 6.03 Å². The predicted molar refractivity (Wildman–Crippen MR) is 46.2 cm³/mol. The molecule has 4 N–H and O–H groups in total. The first-order valence-electron chi connectivity index (χ1n) is 3.37. The van der Waals surface area contributed by atoms with Crippen LogP contribution in [0.1, 0.15) is 6.92 Å². The Morgan fingerprint density at radius 3 is 2.75 bits per heavy atom. The van der Waals surface area contributed by atoms with Crippen LogP contribution in [-0.2, 0) is 0 Å². The van der Waals surface area contributed by atoms with Crippen molar-refractivity contribution >= 4 is 11.9 Å². The minimum atomic E-state index is -0.318. The Morgan fingerprint density at radius 1 is 1.67 bits per heavy atom. The van der Waals surface area contributed by atoms with Crippen molar-refractivity contribution in [1.82, 2.24) is 10.6 Å². The van der Waals surface area contributed by atoms with Gasteiger partial charge in [-0.3, -0.25) is 5.32 Å². The molecule has 0 saturated carbocycles. The molecular weight excluding hydrogens is 156 g/mol. The number of carbonyl (C=O) groups is 1. The van der Waals surface area contributed by atoms with E-state index in [2.05, 4.69) is 22.2 Å². The third-order valence-corrected chi connectivity index (χ3v) is 1.18. The van der Waals surface area contributed by atoms with Gasteiger partial charge >= 0.3 is 6.03 Å². The molecule has 5 heteroatoms. The van der Waals surface area contributed by atoms with E-state index in [1.54, 1.807) is 6.92 Å². The number of amides is 2. The second-order valence-electron chi connectivity index (χ2n) is 2.41. The molecule has 1 saturated heterocycles. The molecule has 0 spiro atoms. The number of nitrogens with two attached hydrogens (primary N) is 1. The van der Waals surface area contributed by atoms with Crippen LogP contribution in [0.15, 0.2) is 29.2 Å². The fraction of sp³-hybridized carbons (Fsp3) is 0.143. The molecule has 0 bridgehead atoms. The van der Waals surface area contributed by atoms with Gasteiger partial charge in [-0.15, -0.1) is 0 Å². The van der Waals surface area contributed by atoms with Crippen molar-refractivity contribution in [3.8, 4) is 0 Å². The molecule has 5 nitrogen and oxygen atoms in total. The summed E-state index contributed by atoms with van der Waals surface area (Å²) in [4.78, 5) is 14.6. The van der Waals surface area contributed by atoms with Crippen molar-refractivity contribution in [3.05, 3.63) is 24.2 Å². The number of rotatable bonds is 1. The zero-order chi connectivity index (χ0) is 9.14. The molecule has 0 aromatic heterocycles. The van der Waals surface area contributed by atoms with Crippen LogP contribution < -0.4 is 16.4 Å². The van der Waals surface area contributed by atoms with Gasteiger partial charge < -0.3 is 11.1 Å². The molecule has 1 aliphatic rings. The Balaban J connectivity index is 2.77. The Kier molecular flexibility index (Phi) is 2.14. The summed E-state index contributed by atoms with van der Waals surface area (Å²) < 4.78 is 0. The molecule has 2 amide bonds. The average molecular weight is 166 g/mol. The molecule has 0 atom stereocenters. The van der Waals surface area contributed by atoms with Gasteiger partial charge in [0, 0.05) is 11.9 Å². The number of urea groups is 1. The first kappa shape index (κ1) is 8.32. The minimum Gasteiger partial charge on any atom is -0.401 e. The first-order valence-corrected chi connectivity index (χ1v) is 3.37. The van der Waals surface area contributed by atoms with Gasteiger partial charge in [-0.25, -0.2) is 9.79 Å². The number of aliphatic imine (C=N–C) groups is 1. The van der Waals surface area contributed by atoms with Crippen molar-refractivity contribution in [1.29, 1.82) is 0 Å². The van der Waals surface area contributed by atoms with Crippen molar-refractivity contribution in [3.63, 3.8) is 0 Å². The van der Waals surface area contributed by atoms with Crippen molar-refractivity contribution < 1.29 is 4.79 Å². The monoisotopic (exact) mass is 166 g/mol. The van der Waals surface area contributed by atoms with E-state index < -0.39 is 0 Å². The van der Waals surface area contributed by atoms with Crippen LogP contribution >= 0.6 is 0 Å². The summed E-state index contributed by atoms with van der Waals surface area (Å²) in [5.41, 5.74) is 6.36. The van der Waals surface area contributed by atoms with Crippen molar-refractivity contribution in [2.24, 2.45) is 10.7 Å². The Labute approximate surface area is 70.0 Å². The second-order valence-corrected chi connectivity index (χ2v) is 2.41. The number of allylic oxidation sites excluding steroid dienone is 1. The van der Waals surface area contributed by atoms with Gasteiger partial charge in [-0.2, -0.15) is 0 Å². The fourth-order valence-electron chi connectivity index (χ4n) is 0.687. The topological polar surface area (TPSA) is 79.5 Å². The van der Waals surface area contributed by atoms with Gasteiger partial charge in [0.25, 0.3) is 0 Å². The zero-order valence-electron chi connectivity index (χ0n) is 6.72. The van der Waals surface area contributed by atoms with Gasteiger partial charge in [-0.1, -0.05) is 6.58 Å². The number of hydrogen-bond donors (Lipinski definition) is 3. The molecule has 0 radical (unpaired) electrons. The van der Waals surface area contributed by atoms with Crippen molar-refractivity contribution in [2.75, 3.05) is 0 Å². The highest BCUT2D eigenvalue weighted by Gasteiger charge is 2.17. The van der Waals surface area contributed by atoms with Crippen LogP contribution in [0.25, 0.3) is 0 Å². The highest BCUT2D eigenvalue weighted by Crippen LogP contribution is 1.96. The smallest absolute Gasteiger partial charge is 0.324 e. The summed E-state index contributed by atoms with van der Waals surface area (Å²) in [7, 11) is 0. The highest BCUT2D eigenvalue weighted by molar-refractivity contribution is 6.14. The van der Waals surface area contributed by atoms with E-state index in [1.807, 2.05) is 0 Å². The quantitative estimate of drug-likeness (QED) is 0.513. The maximum atomic E-state index is 10.7. The van der Waals surface area contributed by atoms with Crippen LogP contribution in [0, 0.1) is 0 Å². The molecule has 0 aliphatic carbocycles. The van der Waals surface area contributed by atoms with E-state index >= 15 is 0 Å². The Hall–Kier alpha value is -1.78. The lowest BCUT2D eigenvalue weighted by Gasteiger charge is -1.92. The normalized spacial score (nSPS) is 21.1. The molecule has 1 fully saturated rings. The van der Waals surface area contributed by atoms with Gasteiger partial charge in [0.2, 0.25) is 0 Å². The minimum absolute atomic E-state index is 0.318. The molecular formula is C7H10N4O. The van der Waals surface area contributed by atoms with Crippen LogP contribution in [0.5, 0.6) is 0 Å². The largest absolute Gasteiger partial charge is 0.401 e. The molecule has 1 heterocycles. The van der Waals surface area contributed by atoms with Crippen LogP contribution in [0.4, 0.5) is 4.79 Å². The number of hydrogen-bond acceptors (Lipinski definition) is 3. The maximum absolute atomic E-state index is 10.7. The van der Waals surface area contributed by atoms with Gasteiger partial charge in [0.05, 0.1) is 5.70 Å². The number of amidine groups is 1. The third kappa shape index (κ3) is 1.85. The summed E-state index contributed by atoms with van der Waals surface area (Å²) in [5.74, 6) is 0.407. The molecule has 1 aliphatic heterocycles. The highest BCUT2D eigenvalue weighted by atomic mass is 16.2. The lowest BCUT2D eigenvalue weighted by Crippen LogP contribution is -2.22. The number of carbonyl (C=O) groups excluding carboxylic acids is 1.